The van der Waals surface area contributed by atoms with Crippen LogP contribution >= 0.6 is 0 Å². The summed E-state index contributed by atoms with van der Waals surface area (Å²) in [5.74, 6) is -0.0261. The van der Waals surface area contributed by atoms with E-state index in [1.165, 1.54) is 31.3 Å². The van der Waals surface area contributed by atoms with Gasteiger partial charge in [0.15, 0.2) is 0 Å². The highest BCUT2D eigenvalue weighted by molar-refractivity contribution is 5.93. The van der Waals surface area contributed by atoms with Crippen LogP contribution in [-0.2, 0) is 9.59 Å². The average molecular weight is 342 g/mol. The van der Waals surface area contributed by atoms with Gasteiger partial charge < -0.3 is 10.2 Å². The second kappa shape index (κ2) is 9.40. The Balaban J connectivity index is 1.84. The van der Waals surface area contributed by atoms with Crippen LogP contribution in [0.15, 0.2) is 29.8 Å². The number of hydrogen-bond acceptors (Lipinski definition) is 2. The fourth-order valence-corrected chi connectivity index (χ4v) is 3.25. The predicted molar refractivity (Wildman–Crippen MR) is 103 cm³/mol. The molecular weight excluding hydrogens is 312 g/mol. The van der Waals surface area contributed by atoms with E-state index in [-0.39, 0.29) is 11.8 Å². The molecule has 0 aromatic heterocycles. The molecule has 0 unspecified atom stereocenters. The fraction of sp³-hybridized carbons (Fsp3) is 0.524. The zero-order chi connectivity index (χ0) is 18.2. The topological polar surface area (TPSA) is 49.4 Å². The maximum atomic E-state index is 12.1. The van der Waals surface area contributed by atoms with Crippen LogP contribution in [0.4, 0.5) is 5.69 Å². The number of carbonyl (C=O) groups is 2. The largest absolute Gasteiger partial charge is 0.356 e. The van der Waals surface area contributed by atoms with Gasteiger partial charge in [-0.1, -0.05) is 23.8 Å². The predicted octanol–water partition coefficient (Wildman–Crippen LogP) is 4.05. The monoisotopic (exact) mass is 342 g/mol. The number of nitrogens with zero attached hydrogens (tertiary/aromatic N) is 1. The summed E-state index contributed by atoms with van der Waals surface area (Å²) in [7, 11) is 0. The van der Waals surface area contributed by atoms with Crippen LogP contribution in [0, 0.1) is 13.8 Å². The molecule has 136 valence electrons. The lowest BCUT2D eigenvalue weighted by Crippen LogP contribution is -2.34. The second-order valence-electron chi connectivity index (χ2n) is 6.92. The molecule has 1 aromatic rings. The maximum Gasteiger partial charge on any atom is 0.223 e. The van der Waals surface area contributed by atoms with Crippen LogP contribution in [0.2, 0.25) is 0 Å². The van der Waals surface area contributed by atoms with Crippen molar-refractivity contribution in [2.24, 2.45) is 0 Å². The molecule has 0 aliphatic heterocycles. The van der Waals surface area contributed by atoms with Gasteiger partial charge in [-0.25, -0.2) is 0 Å². The van der Waals surface area contributed by atoms with Crippen molar-refractivity contribution in [1.29, 1.82) is 0 Å². The maximum absolute atomic E-state index is 12.1. The normalized spacial score (nSPS) is 14.0. The van der Waals surface area contributed by atoms with Gasteiger partial charge in [-0.2, -0.15) is 0 Å². The summed E-state index contributed by atoms with van der Waals surface area (Å²) >= 11 is 0. The molecular formula is C21H30N2O2. The van der Waals surface area contributed by atoms with Gasteiger partial charge >= 0.3 is 0 Å². The molecule has 2 amide bonds. The summed E-state index contributed by atoms with van der Waals surface area (Å²) in [4.78, 5) is 25.9. The molecule has 1 aromatic carbocycles. The van der Waals surface area contributed by atoms with Crippen LogP contribution in [0.3, 0.4) is 0 Å². The number of benzene rings is 1. The van der Waals surface area contributed by atoms with Crippen LogP contribution in [0.1, 0.15) is 56.6 Å². The summed E-state index contributed by atoms with van der Waals surface area (Å²) in [5, 5.41) is 2.98. The van der Waals surface area contributed by atoms with E-state index in [4.69, 9.17) is 0 Å². The molecule has 2 rings (SSSR count). The Bertz CT molecular complexity index is 649. The molecule has 1 aliphatic rings. The first kappa shape index (κ1) is 19.2. The highest BCUT2D eigenvalue weighted by Gasteiger charge is 2.15. The van der Waals surface area contributed by atoms with Gasteiger partial charge in [0.1, 0.15) is 0 Å². The Morgan fingerprint density at radius 3 is 2.68 bits per heavy atom. The van der Waals surface area contributed by atoms with Crippen molar-refractivity contribution in [3.05, 3.63) is 41.0 Å². The van der Waals surface area contributed by atoms with E-state index in [1.54, 1.807) is 11.8 Å². The average Bonchev–Trinajstić information content (AvgIpc) is 2.58. The highest BCUT2D eigenvalue weighted by atomic mass is 16.2. The van der Waals surface area contributed by atoms with Gasteiger partial charge in [0.05, 0.1) is 0 Å². The van der Waals surface area contributed by atoms with Crippen molar-refractivity contribution in [2.75, 3.05) is 18.0 Å². The first-order chi connectivity index (χ1) is 12.0. The van der Waals surface area contributed by atoms with E-state index in [2.05, 4.69) is 11.4 Å². The van der Waals surface area contributed by atoms with Crippen molar-refractivity contribution in [3.8, 4) is 0 Å². The third-order valence-electron chi connectivity index (χ3n) is 4.75. The number of aryl methyl sites for hydroxylation is 2. The van der Waals surface area contributed by atoms with Crippen molar-refractivity contribution >= 4 is 17.5 Å². The molecule has 0 bridgehead atoms. The Morgan fingerprint density at radius 2 is 2.00 bits per heavy atom. The lowest BCUT2D eigenvalue weighted by molar-refractivity contribution is -0.121. The van der Waals surface area contributed by atoms with E-state index in [0.717, 1.165) is 23.2 Å². The first-order valence-corrected chi connectivity index (χ1v) is 9.27. The van der Waals surface area contributed by atoms with Gasteiger partial charge in [-0.05, 0) is 63.1 Å². The van der Waals surface area contributed by atoms with Crippen molar-refractivity contribution in [2.45, 2.75) is 59.3 Å². The van der Waals surface area contributed by atoms with Crippen LogP contribution in [0.25, 0.3) is 0 Å². The molecule has 0 radical (unpaired) electrons. The lowest BCUT2D eigenvalue weighted by Gasteiger charge is -2.23. The summed E-state index contributed by atoms with van der Waals surface area (Å²) in [6.45, 7) is 6.65. The van der Waals surface area contributed by atoms with Gasteiger partial charge in [0.2, 0.25) is 11.8 Å². The van der Waals surface area contributed by atoms with E-state index >= 15 is 0 Å². The van der Waals surface area contributed by atoms with Crippen LogP contribution < -0.4 is 10.2 Å². The number of amides is 2. The summed E-state index contributed by atoms with van der Waals surface area (Å²) in [6, 6.07) is 6.05. The first-order valence-electron chi connectivity index (χ1n) is 9.27. The summed E-state index contributed by atoms with van der Waals surface area (Å²) in [6.07, 6.45) is 8.48. The number of anilines is 1. The number of hydrogen-bond donors (Lipinski definition) is 1. The molecule has 0 atom stereocenters. The van der Waals surface area contributed by atoms with Crippen molar-refractivity contribution in [1.82, 2.24) is 5.32 Å². The van der Waals surface area contributed by atoms with Crippen LogP contribution in [-0.4, -0.2) is 24.9 Å². The Kier molecular flexibility index (Phi) is 7.23. The van der Waals surface area contributed by atoms with Crippen LogP contribution in [0.5, 0.6) is 0 Å². The standard InChI is InChI=1S/C21H30N2O2/c1-16-9-10-17(2)20(15-16)23(18(3)24)14-12-21(25)22-13-11-19-7-5-4-6-8-19/h7,9-10,15H,4-6,8,11-14H2,1-3H3,(H,22,25). The molecule has 0 saturated heterocycles. The Labute approximate surface area is 151 Å². The number of rotatable bonds is 7. The zero-order valence-corrected chi connectivity index (χ0v) is 15.7. The molecule has 0 fully saturated rings. The minimum absolute atomic E-state index is 0.00738. The molecule has 0 spiro atoms. The summed E-state index contributed by atoms with van der Waals surface area (Å²) < 4.78 is 0. The van der Waals surface area contributed by atoms with E-state index in [0.29, 0.717) is 19.5 Å². The Morgan fingerprint density at radius 1 is 1.20 bits per heavy atom. The molecule has 0 heterocycles. The Hall–Kier alpha value is -2.10. The second-order valence-corrected chi connectivity index (χ2v) is 6.92. The minimum Gasteiger partial charge on any atom is -0.356 e. The highest BCUT2D eigenvalue weighted by Crippen LogP contribution is 2.22. The molecule has 1 aliphatic carbocycles. The van der Waals surface area contributed by atoms with Gasteiger partial charge in [0, 0.05) is 32.1 Å². The third-order valence-corrected chi connectivity index (χ3v) is 4.75. The quantitative estimate of drug-likeness (QED) is 0.760. The SMILES string of the molecule is CC(=O)N(CCC(=O)NCCC1=CCCCC1)c1cc(C)ccc1C. The molecule has 25 heavy (non-hydrogen) atoms. The van der Waals surface area contributed by atoms with Crippen molar-refractivity contribution < 1.29 is 9.59 Å². The van der Waals surface area contributed by atoms with Gasteiger partial charge in [0.25, 0.3) is 0 Å². The zero-order valence-electron chi connectivity index (χ0n) is 15.7. The lowest BCUT2D eigenvalue weighted by atomic mass is 9.97. The molecule has 0 saturated carbocycles. The number of nitrogens with one attached hydrogen (secondary N) is 1. The number of carbonyl (C=O) groups excluding carboxylic acids is 2. The fourth-order valence-electron chi connectivity index (χ4n) is 3.25. The van der Waals surface area contributed by atoms with Gasteiger partial charge in [-0.3, -0.25) is 9.59 Å². The van der Waals surface area contributed by atoms with E-state index in [9.17, 15) is 9.59 Å². The van der Waals surface area contributed by atoms with Crippen molar-refractivity contribution in [3.63, 3.8) is 0 Å². The van der Waals surface area contributed by atoms with E-state index < -0.39 is 0 Å². The smallest absolute Gasteiger partial charge is 0.223 e. The van der Waals surface area contributed by atoms with E-state index in [1.807, 2.05) is 32.0 Å². The number of allylic oxidation sites excluding steroid dienone is 1. The van der Waals surface area contributed by atoms with Gasteiger partial charge in [-0.15, -0.1) is 0 Å². The third kappa shape index (κ3) is 6.04. The molecule has 4 nitrogen and oxygen atoms in total. The molecule has 1 N–H and O–H groups in total. The molecule has 4 heteroatoms. The minimum atomic E-state index is -0.0335. The summed E-state index contributed by atoms with van der Waals surface area (Å²) in [5.41, 5.74) is 4.52.